The first kappa shape index (κ1) is 15.7. The van der Waals surface area contributed by atoms with Gasteiger partial charge in [0.25, 0.3) is 0 Å². The molecule has 0 aromatic carbocycles. The second-order valence-corrected chi connectivity index (χ2v) is 5.75. The number of halogens is 1. The molecule has 1 atom stereocenters. The first-order chi connectivity index (χ1) is 8.41. The van der Waals surface area contributed by atoms with Gasteiger partial charge in [0.1, 0.15) is 0 Å². The van der Waals surface area contributed by atoms with Gasteiger partial charge in [-0.15, -0.1) is 0 Å². The zero-order valence-corrected chi connectivity index (χ0v) is 13.3. The van der Waals surface area contributed by atoms with Gasteiger partial charge in [0, 0.05) is 13.5 Å². The number of nitrogens with zero attached hydrogens (tertiary/aromatic N) is 2. The number of nitrogens with one attached hydrogen (secondary N) is 1. The Hall–Kier alpha value is -0.390. The van der Waals surface area contributed by atoms with E-state index in [0.29, 0.717) is 6.42 Å². The summed E-state index contributed by atoms with van der Waals surface area (Å²) in [5.41, 5.74) is 1.41. The van der Waals surface area contributed by atoms with Crippen molar-refractivity contribution in [1.29, 1.82) is 0 Å². The molecular formula is C13H24BrN3O. The van der Waals surface area contributed by atoms with Gasteiger partial charge >= 0.3 is 0 Å². The maximum Gasteiger partial charge on any atom is 0.0766 e. The molecule has 0 saturated carbocycles. The number of aliphatic hydroxyl groups is 1. The summed E-state index contributed by atoms with van der Waals surface area (Å²) < 4.78 is 2.90. The summed E-state index contributed by atoms with van der Waals surface area (Å²) in [5, 5.41) is 18.1. The molecule has 0 radical (unpaired) electrons. The van der Waals surface area contributed by atoms with Crippen LogP contribution < -0.4 is 5.32 Å². The van der Waals surface area contributed by atoms with Gasteiger partial charge in [0.15, 0.2) is 0 Å². The summed E-state index contributed by atoms with van der Waals surface area (Å²) in [6, 6.07) is 0. The van der Waals surface area contributed by atoms with E-state index >= 15 is 0 Å². The first-order valence-corrected chi connectivity index (χ1v) is 7.34. The highest BCUT2D eigenvalue weighted by molar-refractivity contribution is 9.10. The van der Waals surface area contributed by atoms with Crippen LogP contribution in [0.3, 0.4) is 0 Å². The Morgan fingerprint density at radius 3 is 2.61 bits per heavy atom. The third-order valence-corrected chi connectivity index (χ3v) is 4.06. The highest BCUT2D eigenvalue weighted by Gasteiger charge is 2.25. The zero-order chi connectivity index (χ0) is 13.8. The van der Waals surface area contributed by atoms with Crippen molar-refractivity contribution in [3.63, 3.8) is 0 Å². The minimum Gasteiger partial charge on any atom is -0.390 e. The van der Waals surface area contributed by atoms with Crippen molar-refractivity contribution in [2.75, 3.05) is 13.1 Å². The smallest absolute Gasteiger partial charge is 0.0766 e. The molecule has 0 spiro atoms. The predicted molar refractivity (Wildman–Crippen MR) is 77.8 cm³/mol. The molecule has 4 nitrogen and oxygen atoms in total. The second kappa shape index (κ2) is 6.68. The molecule has 0 aliphatic rings. The Labute approximate surface area is 118 Å². The van der Waals surface area contributed by atoms with Crippen LogP contribution >= 0.6 is 15.9 Å². The molecule has 18 heavy (non-hydrogen) atoms. The van der Waals surface area contributed by atoms with Gasteiger partial charge in [-0.05, 0) is 48.8 Å². The van der Waals surface area contributed by atoms with Crippen molar-refractivity contribution in [2.24, 2.45) is 7.05 Å². The Balaban J connectivity index is 2.74. The van der Waals surface area contributed by atoms with E-state index in [1.54, 1.807) is 0 Å². The second-order valence-electron chi connectivity index (χ2n) is 4.96. The summed E-state index contributed by atoms with van der Waals surface area (Å²) >= 11 is 3.59. The minimum absolute atomic E-state index is 0.614. The molecule has 2 N–H and O–H groups in total. The number of rotatable bonds is 7. The van der Waals surface area contributed by atoms with Crippen LogP contribution in [0, 0.1) is 0 Å². The summed E-state index contributed by atoms with van der Waals surface area (Å²) in [7, 11) is 1.93. The van der Waals surface area contributed by atoms with Gasteiger partial charge in [-0.2, -0.15) is 5.10 Å². The Bertz CT molecular complexity index is 388. The van der Waals surface area contributed by atoms with Gasteiger partial charge in [-0.25, -0.2) is 0 Å². The summed E-state index contributed by atoms with van der Waals surface area (Å²) in [6.45, 7) is 7.81. The molecule has 1 aromatic rings. The molecule has 1 rings (SSSR count). The lowest BCUT2D eigenvalue weighted by Crippen LogP contribution is -2.33. The van der Waals surface area contributed by atoms with Gasteiger partial charge in [-0.1, -0.05) is 13.8 Å². The molecule has 5 heteroatoms. The van der Waals surface area contributed by atoms with Crippen LogP contribution in [0.5, 0.6) is 0 Å². The lowest BCUT2D eigenvalue weighted by molar-refractivity contribution is 0.0496. The average molecular weight is 318 g/mol. The fraction of sp³-hybridized carbons (Fsp3) is 0.769. The zero-order valence-electron chi connectivity index (χ0n) is 11.8. The summed E-state index contributed by atoms with van der Waals surface area (Å²) in [5.74, 6) is 0. The summed E-state index contributed by atoms with van der Waals surface area (Å²) in [4.78, 5) is 0. The molecular weight excluding hydrogens is 294 g/mol. The maximum atomic E-state index is 10.4. The maximum absolute atomic E-state index is 10.4. The molecule has 1 unspecified atom stereocenters. The summed E-state index contributed by atoms with van der Waals surface area (Å²) in [6.07, 6.45) is 2.25. The normalized spacial score (nSPS) is 14.8. The standard InChI is InChI=1S/C13H24BrN3O/c1-5-10-12(14)11(17(4)16-10)9-13(3,18)7-8-15-6-2/h15,18H,5-9H2,1-4H3. The van der Waals surface area contributed by atoms with Crippen molar-refractivity contribution >= 4 is 15.9 Å². The van der Waals surface area contributed by atoms with Gasteiger partial charge in [0.2, 0.25) is 0 Å². The molecule has 0 saturated heterocycles. The number of hydrogen-bond acceptors (Lipinski definition) is 3. The Morgan fingerprint density at radius 2 is 2.11 bits per heavy atom. The van der Waals surface area contributed by atoms with Gasteiger partial charge in [0.05, 0.1) is 21.5 Å². The third-order valence-electron chi connectivity index (χ3n) is 3.14. The largest absolute Gasteiger partial charge is 0.390 e. The van der Waals surface area contributed by atoms with E-state index in [9.17, 15) is 5.11 Å². The topological polar surface area (TPSA) is 50.1 Å². The van der Waals surface area contributed by atoms with Crippen molar-refractivity contribution in [1.82, 2.24) is 15.1 Å². The van der Waals surface area contributed by atoms with Crippen LogP contribution in [-0.4, -0.2) is 33.6 Å². The quantitative estimate of drug-likeness (QED) is 0.757. The Morgan fingerprint density at radius 1 is 1.44 bits per heavy atom. The number of aryl methyl sites for hydroxylation is 2. The van der Waals surface area contributed by atoms with Gasteiger partial charge in [-0.3, -0.25) is 4.68 Å². The SMILES string of the molecule is CCNCCC(C)(O)Cc1c(Br)c(CC)nn1C. The third kappa shape index (κ3) is 4.07. The lowest BCUT2D eigenvalue weighted by Gasteiger charge is -2.23. The lowest BCUT2D eigenvalue weighted by atomic mass is 9.96. The molecule has 1 heterocycles. The van der Waals surface area contributed by atoms with Crippen LogP contribution in [0.15, 0.2) is 4.47 Å². The predicted octanol–water partition coefficient (Wildman–Crippen LogP) is 2.04. The molecule has 0 fully saturated rings. The van der Waals surface area contributed by atoms with E-state index in [2.05, 4.69) is 40.2 Å². The van der Waals surface area contributed by atoms with Crippen molar-refractivity contribution in [3.05, 3.63) is 15.9 Å². The van der Waals surface area contributed by atoms with E-state index in [-0.39, 0.29) is 0 Å². The van der Waals surface area contributed by atoms with E-state index in [1.165, 1.54) is 0 Å². The molecule has 0 aliphatic heterocycles. The van der Waals surface area contributed by atoms with Gasteiger partial charge < -0.3 is 10.4 Å². The van der Waals surface area contributed by atoms with E-state index in [1.807, 2.05) is 18.7 Å². The minimum atomic E-state index is -0.705. The van der Waals surface area contributed by atoms with Crippen LogP contribution in [0.1, 0.15) is 38.6 Å². The van der Waals surface area contributed by atoms with Crippen molar-refractivity contribution in [2.45, 2.75) is 45.6 Å². The van der Waals surface area contributed by atoms with Crippen molar-refractivity contribution in [3.8, 4) is 0 Å². The highest BCUT2D eigenvalue weighted by atomic mass is 79.9. The van der Waals surface area contributed by atoms with Crippen molar-refractivity contribution < 1.29 is 5.11 Å². The first-order valence-electron chi connectivity index (χ1n) is 6.54. The molecule has 0 amide bonds. The van der Waals surface area contributed by atoms with Crippen LogP contribution in [0.25, 0.3) is 0 Å². The molecule has 104 valence electrons. The number of aromatic nitrogens is 2. The highest BCUT2D eigenvalue weighted by Crippen LogP contribution is 2.26. The number of hydrogen-bond donors (Lipinski definition) is 2. The Kier molecular flexibility index (Phi) is 5.82. The van der Waals surface area contributed by atoms with Crippen LogP contribution in [0.2, 0.25) is 0 Å². The fourth-order valence-corrected chi connectivity index (χ4v) is 2.75. The van der Waals surface area contributed by atoms with Crippen LogP contribution in [0.4, 0.5) is 0 Å². The average Bonchev–Trinajstić information content (AvgIpc) is 2.56. The van der Waals surface area contributed by atoms with E-state index < -0.39 is 5.60 Å². The van der Waals surface area contributed by atoms with E-state index in [0.717, 1.165) is 41.8 Å². The fourth-order valence-electron chi connectivity index (χ4n) is 2.00. The molecule has 0 aliphatic carbocycles. The molecule has 1 aromatic heterocycles. The molecule has 0 bridgehead atoms. The van der Waals surface area contributed by atoms with E-state index in [4.69, 9.17) is 0 Å². The monoisotopic (exact) mass is 317 g/mol. The van der Waals surface area contributed by atoms with Crippen LogP contribution in [-0.2, 0) is 19.9 Å².